The van der Waals surface area contributed by atoms with E-state index in [0.717, 1.165) is 0 Å². The molecule has 0 heterocycles. The summed E-state index contributed by atoms with van der Waals surface area (Å²) in [6, 6.07) is 0. The maximum Gasteiger partial charge on any atom is 3.00 e. The molecule has 64 valence electrons. The molecule has 0 fully saturated rings. The van der Waals surface area contributed by atoms with Crippen LogP contribution in [0.5, 0.6) is 0 Å². The van der Waals surface area contributed by atoms with Crippen LogP contribution in [0.15, 0.2) is 0 Å². The Balaban J connectivity index is -0.0000000145. The molecule has 0 aliphatic carbocycles. The first-order valence-electron chi connectivity index (χ1n) is 1.60. The molecule has 12 nitrogen and oxygen atoms in total. The minimum absolute atomic E-state index is 0. The topological polar surface area (TPSA) is 235 Å². The van der Waals surface area contributed by atoms with Crippen molar-refractivity contribution in [2.24, 2.45) is 0 Å². The minimum Gasteiger partial charge on any atom is -0.373 e. The van der Waals surface area contributed by atoms with Gasteiger partial charge in [0.2, 0.25) is 0 Å². The molecule has 14 heteroatoms. The molecule has 0 amide bonds. The van der Waals surface area contributed by atoms with E-state index in [-0.39, 0.29) is 36.2 Å². The van der Waals surface area contributed by atoms with Crippen molar-refractivity contribution in [1.29, 1.82) is 0 Å². The molecule has 0 rings (SSSR count). The molecule has 0 aliphatic rings. The third-order valence-corrected chi connectivity index (χ3v) is 0. The predicted molar refractivity (Wildman–Crippen MR) is 46.1 cm³/mol. The normalized spacial score (nSPS) is 2.29. The summed E-state index contributed by atoms with van der Waals surface area (Å²) in [6.45, 7) is 0. The van der Waals surface area contributed by atoms with E-state index in [2.05, 4.69) is 0 Å². The van der Waals surface area contributed by atoms with Crippen LogP contribution in [-0.4, -0.2) is 17.4 Å². The molecular formula is AlLiN12. The molecule has 0 aromatic carbocycles. The summed E-state index contributed by atoms with van der Waals surface area (Å²) in [5, 5.41) is 0. The van der Waals surface area contributed by atoms with Crippen LogP contribution in [0.4, 0.5) is 0 Å². The molecule has 0 saturated heterocycles. The van der Waals surface area contributed by atoms with Gasteiger partial charge in [-0.05, 0) is 0 Å². The van der Waals surface area contributed by atoms with E-state index in [1.807, 2.05) is 0 Å². The van der Waals surface area contributed by atoms with E-state index in [0.29, 0.717) is 0 Å². The van der Waals surface area contributed by atoms with Crippen LogP contribution >= 0.6 is 0 Å². The van der Waals surface area contributed by atoms with Crippen LogP contribution in [-0.2, 0) is 0 Å². The van der Waals surface area contributed by atoms with Crippen LogP contribution in [0.2, 0.25) is 0 Å². The number of nitrogens with zero attached hydrogens (tertiary/aromatic N) is 12. The van der Waals surface area contributed by atoms with Crippen molar-refractivity contribution in [3.05, 3.63) is 63.9 Å². The van der Waals surface area contributed by atoms with Crippen molar-refractivity contribution in [2.75, 3.05) is 0 Å². The Morgan fingerprint density at radius 3 is 0.429 bits per heavy atom. The van der Waals surface area contributed by atoms with Gasteiger partial charge >= 0.3 is 36.2 Å². The molecule has 0 spiro atoms. The third kappa shape index (κ3) is 343. The Bertz CT molecular complexity index is 142. The Morgan fingerprint density at radius 2 is 0.429 bits per heavy atom. The van der Waals surface area contributed by atoms with Crippen LogP contribution in [0.25, 0.3) is 63.9 Å². The van der Waals surface area contributed by atoms with Gasteiger partial charge in [0.25, 0.3) is 0 Å². The van der Waals surface area contributed by atoms with Gasteiger partial charge in [-0.15, -0.1) is 0 Å². The molecule has 0 N–H and O–H groups in total. The summed E-state index contributed by atoms with van der Waals surface area (Å²) in [6.07, 6.45) is 0. The van der Waals surface area contributed by atoms with Gasteiger partial charge in [0, 0.05) is 0 Å². The smallest absolute Gasteiger partial charge is 0.373 e. The van der Waals surface area contributed by atoms with Gasteiger partial charge in [-0.25, -0.2) is 0 Å². The molecule has 14 heavy (non-hydrogen) atoms. The molecule has 0 radical (unpaired) electrons. The quantitative estimate of drug-likeness (QED) is 0.219. The summed E-state index contributed by atoms with van der Waals surface area (Å²) in [4.78, 5) is 6.00. The van der Waals surface area contributed by atoms with E-state index in [9.17, 15) is 0 Å². The number of hydrogen-bond donors (Lipinski definition) is 0. The van der Waals surface area contributed by atoms with Crippen LogP contribution < -0.4 is 18.9 Å². The maximum atomic E-state index is 6.75. The van der Waals surface area contributed by atoms with Crippen molar-refractivity contribution in [2.45, 2.75) is 0 Å². The van der Waals surface area contributed by atoms with Crippen LogP contribution in [0.3, 0.4) is 0 Å². The first-order chi connectivity index (χ1) is 5.66. The van der Waals surface area contributed by atoms with E-state index >= 15 is 0 Å². The molecule has 0 aromatic rings. The van der Waals surface area contributed by atoms with E-state index < -0.39 is 0 Å². The zero-order valence-electron chi connectivity index (χ0n) is 6.94. The van der Waals surface area contributed by atoms with E-state index in [4.69, 9.17) is 44.2 Å². The Kier molecular flexibility index (Phi) is 613. The molecular weight excluding hydrogens is 202 g/mol. The molecule has 0 aliphatic heterocycles. The Labute approximate surface area is 100 Å². The minimum atomic E-state index is 0. The summed E-state index contributed by atoms with van der Waals surface area (Å²) in [5.74, 6) is 0. The average Bonchev–Trinajstić information content (AvgIpc) is 1.92. The van der Waals surface area contributed by atoms with Gasteiger partial charge in [0.15, 0.2) is 0 Å². The predicted octanol–water partition coefficient (Wildman–Crippen LogP) is 0.0876. The fourth-order valence-electron chi connectivity index (χ4n) is 0. The average molecular weight is 202 g/mol. The molecule has 0 atom stereocenters. The Hall–Kier alpha value is -1.63. The van der Waals surface area contributed by atoms with Gasteiger partial charge in [0.1, 0.15) is 0 Å². The second-order valence-corrected chi connectivity index (χ2v) is 0.358. The Morgan fingerprint density at radius 1 is 0.429 bits per heavy atom. The first kappa shape index (κ1) is 39.4. The molecule has 0 saturated carbocycles. The van der Waals surface area contributed by atoms with Crippen molar-refractivity contribution >= 4 is 17.4 Å². The van der Waals surface area contributed by atoms with Crippen molar-refractivity contribution in [3.8, 4) is 0 Å². The molecule has 0 aromatic heterocycles. The summed E-state index contributed by atoms with van der Waals surface area (Å²) in [5.41, 5.74) is 54.0. The van der Waals surface area contributed by atoms with Crippen molar-refractivity contribution in [1.82, 2.24) is 0 Å². The molecule has 0 bridgehead atoms. The van der Waals surface area contributed by atoms with Crippen LogP contribution in [0, 0.1) is 0 Å². The van der Waals surface area contributed by atoms with Crippen molar-refractivity contribution in [3.63, 3.8) is 0 Å². The summed E-state index contributed by atoms with van der Waals surface area (Å²) < 4.78 is 0. The fraction of sp³-hybridized carbons (Fsp3) is 0. The van der Waals surface area contributed by atoms with Gasteiger partial charge in [-0.1, -0.05) is 0 Å². The largest absolute Gasteiger partial charge is 3.00 e. The SMILES string of the molecule is [Al+3].[Li+].[N-]=[N+]=[N-].[N-]=[N+]=[N-].[N-]=[N+]=[N-].[N-]=[N+]=[N-]. The zero-order valence-corrected chi connectivity index (χ0v) is 8.10. The van der Waals surface area contributed by atoms with Crippen molar-refractivity contribution < 1.29 is 18.9 Å². The maximum absolute atomic E-state index is 6.75. The van der Waals surface area contributed by atoms with Gasteiger partial charge in [-0.2, -0.15) is 0 Å². The van der Waals surface area contributed by atoms with Gasteiger partial charge in [0.05, 0.1) is 0 Å². The zero-order chi connectivity index (χ0) is 10.8. The van der Waals surface area contributed by atoms with Gasteiger partial charge < -0.3 is 44.2 Å². The second kappa shape index (κ2) is 218. The monoisotopic (exact) mass is 202 g/mol. The van der Waals surface area contributed by atoms with E-state index in [1.54, 1.807) is 0 Å². The van der Waals surface area contributed by atoms with Gasteiger partial charge in [-0.3, -0.25) is 19.6 Å². The van der Waals surface area contributed by atoms with E-state index in [1.165, 1.54) is 19.6 Å². The number of hydrogen-bond acceptors (Lipinski definition) is 0. The molecule has 0 unspecified atom stereocenters. The third-order valence-electron chi connectivity index (χ3n) is 0. The van der Waals surface area contributed by atoms with Crippen LogP contribution in [0.1, 0.15) is 0 Å². The number of rotatable bonds is 0. The summed E-state index contributed by atoms with van der Waals surface area (Å²) in [7, 11) is 0. The summed E-state index contributed by atoms with van der Waals surface area (Å²) >= 11 is 0. The second-order valence-electron chi connectivity index (χ2n) is 0.358. The fourth-order valence-corrected chi connectivity index (χ4v) is 0. The first-order valence-corrected chi connectivity index (χ1v) is 1.60. The standard InChI is InChI=1S/Al.Li.4N3/c;;4*1-3-2/q+3;+1;4*-1.